The summed E-state index contributed by atoms with van der Waals surface area (Å²) in [6.45, 7) is 2.77. The van der Waals surface area contributed by atoms with Crippen LogP contribution in [0.15, 0.2) is 53.4 Å². The molecule has 2 aromatic rings. The monoisotopic (exact) mass is 394 g/mol. The van der Waals surface area contributed by atoms with Crippen LogP contribution in [0.3, 0.4) is 0 Å². The molecule has 0 aromatic heterocycles. The van der Waals surface area contributed by atoms with Gasteiger partial charge < -0.3 is 4.90 Å². The standard InChI is InChI=1S/C19H23ClN2O3S/c1-3-4-12-22(2)19(23)15-9-7-10-17(13-15)26(24,25)21-14-16-8-5-6-11-18(16)20/h5-11,13,21H,3-4,12,14H2,1-2H3. The first-order chi connectivity index (χ1) is 12.3. The highest BCUT2D eigenvalue weighted by Gasteiger charge is 2.18. The Kier molecular flexibility index (Phi) is 7.20. The van der Waals surface area contributed by atoms with Crippen LogP contribution in [0, 0.1) is 0 Å². The Morgan fingerprint density at radius 2 is 1.88 bits per heavy atom. The van der Waals surface area contributed by atoms with Crippen LogP contribution in [0.25, 0.3) is 0 Å². The Labute approximate surface area is 160 Å². The number of halogens is 1. The Bertz CT molecular complexity index is 869. The summed E-state index contributed by atoms with van der Waals surface area (Å²) in [6, 6.07) is 13.1. The van der Waals surface area contributed by atoms with Crippen LogP contribution < -0.4 is 4.72 Å². The smallest absolute Gasteiger partial charge is 0.253 e. The fourth-order valence-electron chi connectivity index (χ4n) is 2.41. The Hall–Kier alpha value is -1.89. The summed E-state index contributed by atoms with van der Waals surface area (Å²) in [5, 5.41) is 0.497. The van der Waals surface area contributed by atoms with Crippen LogP contribution in [0.5, 0.6) is 0 Å². The summed E-state index contributed by atoms with van der Waals surface area (Å²) in [4.78, 5) is 14.1. The number of unbranched alkanes of at least 4 members (excludes halogenated alkanes) is 1. The molecule has 0 radical (unpaired) electrons. The van der Waals surface area contributed by atoms with E-state index >= 15 is 0 Å². The predicted molar refractivity (Wildman–Crippen MR) is 104 cm³/mol. The van der Waals surface area contributed by atoms with Crippen molar-refractivity contribution in [1.29, 1.82) is 0 Å². The second-order valence-electron chi connectivity index (χ2n) is 6.02. The maximum Gasteiger partial charge on any atom is 0.253 e. The van der Waals surface area contributed by atoms with Crippen molar-refractivity contribution in [2.45, 2.75) is 31.2 Å². The van der Waals surface area contributed by atoms with Crippen molar-refractivity contribution in [2.75, 3.05) is 13.6 Å². The largest absolute Gasteiger partial charge is 0.342 e. The van der Waals surface area contributed by atoms with Crippen molar-refractivity contribution in [3.05, 3.63) is 64.7 Å². The number of nitrogens with one attached hydrogen (secondary N) is 1. The molecule has 0 spiro atoms. The van der Waals surface area contributed by atoms with E-state index in [1.807, 2.05) is 0 Å². The molecule has 2 rings (SSSR count). The van der Waals surface area contributed by atoms with Gasteiger partial charge in [-0.25, -0.2) is 13.1 Å². The number of nitrogens with zero attached hydrogens (tertiary/aromatic N) is 1. The summed E-state index contributed by atoms with van der Waals surface area (Å²) in [5.41, 5.74) is 1.04. The second-order valence-corrected chi connectivity index (χ2v) is 8.20. The van der Waals surface area contributed by atoms with E-state index in [0.29, 0.717) is 22.7 Å². The van der Waals surface area contributed by atoms with Crippen LogP contribution in [-0.2, 0) is 16.6 Å². The molecule has 0 bridgehead atoms. The van der Waals surface area contributed by atoms with Crippen LogP contribution in [-0.4, -0.2) is 32.8 Å². The number of rotatable bonds is 8. The van der Waals surface area contributed by atoms with Crippen LogP contribution in [0.1, 0.15) is 35.7 Å². The number of carbonyl (C=O) groups excluding carboxylic acids is 1. The van der Waals surface area contributed by atoms with Crippen molar-refractivity contribution in [3.8, 4) is 0 Å². The summed E-state index contributed by atoms with van der Waals surface area (Å²) in [5.74, 6) is -0.193. The Balaban J connectivity index is 2.15. The maximum atomic E-state index is 12.6. The van der Waals surface area contributed by atoms with Gasteiger partial charge in [0.2, 0.25) is 10.0 Å². The third-order valence-corrected chi connectivity index (χ3v) is 5.76. The van der Waals surface area contributed by atoms with Gasteiger partial charge in [-0.3, -0.25) is 4.79 Å². The molecule has 0 aliphatic carbocycles. The molecule has 0 unspecified atom stereocenters. The minimum atomic E-state index is -3.75. The number of hydrogen-bond donors (Lipinski definition) is 1. The quantitative estimate of drug-likeness (QED) is 0.742. The average molecular weight is 395 g/mol. The van der Waals surface area contributed by atoms with Gasteiger partial charge in [-0.1, -0.05) is 49.2 Å². The molecule has 7 heteroatoms. The van der Waals surface area contributed by atoms with Crippen molar-refractivity contribution >= 4 is 27.5 Å². The lowest BCUT2D eigenvalue weighted by Crippen LogP contribution is -2.28. The molecule has 0 aliphatic rings. The number of benzene rings is 2. The molecule has 0 saturated heterocycles. The van der Waals surface area contributed by atoms with Crippen LogP contribution in [0.4, 0.5) is 0 Å². The van der Waals surface area contributed by atoms with E-state index in [1.165, 1.54) is 12.1 Å². The van der Waals surface area contributed by atoms with Crippen molar-refractivity contribution in [2.24, 2.45) is 0 Å². The average Bonchev–Trinajstić information content (AvgIpc) is 2.65. The third kappa shape index (κ3) is 5.30. The Morgan fingerprint density at radius 3 is 2.58 bits per heavy atom. The van der Waals surface area contributed by atoms with Gasteiger partial charge in [-0.15, -0.1) is 0 Å². The van der Waals surface area contributed by atoms with Gasteiger partial charge >= 0.3 is 0 Å². The number of carbonyl (C=O) groups is 1. The zero-order valence-electron chi connectivity index (χ0n) is 14.9. The summed E-state index contributed by atoms with van der Waals surface area (Å²) < 4.78 is 27.6. The molecule has 0 heterocycles. The molecule has 1 N–H and O–H groups in total. The fraction of sp³-hybridized carbons (Fsp3) is 0.316. The minimum Gasteiger partial charge on any atom is -0.342 e. The second kappa shape index (κ2) is 9.16. The van der Waals surface area contributed by atoms with E-state index in [-0.39, 0.29) is 17.3 Å². The summed E-state index contributed by atoms with van der Waals surface area (Å²) >= 11 is 6.06. The highest BCUT2D eigenvalue weighted by Crippen LogP contribution is 2.17. The summed E-state index contributed by atoms with van der Waals surface area (Å²) in [7, 11) is -2.04. The highest BCUT2D eigenvalue weighted by atomic mass is 35.5. The van der Waals surface area contributed by atoms with Crippen molar-refractivity contribution in [3.63, 3.8) is 0 Å². The normalized spacial score (nSPS) is 11.3. The lowest BCUT2D eigenvalue weighted by atomic mass is 10.2. The predicted octanol–water partition coefficient (Wildman–Crippen LogP) is 3.69. The first-order valence-electron chi connectivity index (χ1n) is 8.43. The van der Waals surface area contributed by atoms with Crippen molar-refractivity contribution in [1.82, 2.24) is 9.62 Å². The first kappa shape index (κ1) is 20.4. The number of amides is 1. The topological polar surface area (TPSA) is 66.5 Å². The first-order valence-corrected chi connectivity index (χ1v) is 10.3. The molecule has 0 aliphatic heterocycles. The van der Waals surface area contributed by atoms with Crippen LogP contribution >= 0.6 is 11.6 Å². The lowest BCUT2D eigenvalue weighted by Gasteiger charge is -2.17. The van der Waals surface area contributed by atoms with Gasteiger partial charge in [0.1, 0.15) is 0 Å². The van der Waals surface area contributed by atoms with E-state index < -0.39 is 10.0 Å². The van der Waals surface area contributed by atoms with Gasteiger partial charge in [0.05, 0.1) is 4.90 Å². The molecule has 1 amide bonds. The number of sulfonamides is 1. The molecule has 5 nitrogen and oxygen atoms in total. The van der Waals surface area contributed by atoms with Gasteiger partial charge in [-0.05, 0) is 36.2 Å². The number of hydrogen-bond acceptors (Lipinski definition) is 3. The van der Waals surface area contributed by atoms with E-state index in [0.717, 1.165) is 12.8 Å². The van der Waals surface area contributed by atoms with E-state index in [2.05, 4.69) is 11.6 Å². The highest BCUT2D eigenvalue weighted by molar-refractivity contribution is 7.89. The maximum absolute atomic E-state index is 12.6. The molecular weight excluding hydrogens is 372 g/mol. The summed E-state index contributed by atoms with van der Waals surface area (Å²) in [6.07, 6.45) is 1.89. The molecule has 0 fully saturated rings. The van der Waals surface area contributed by atoms with Gasteiger partial charge in [-0.2, -0.15) is 0 Å². The zero-order chi connectivity index (χ0) is 19.2. The molecule has 140 valence electrons. The fourth-order valence-corrected chi connectivity index (χ4v) is 3.67. The molecule has 26 heavy (non-hydrogen) atoms. The van der Waals surface area contributed by atoms with E-state index in [9.17, 15) is 13.2 Å². The van der Waals surface area contributed by atoms with Crippen molar-refractivity contribution < 1.29 is 13.2 Å². The SMILES string of the molecule is CCCCN(C)C(=O)c1cccc(S(=O)(=O)NCc2ccccc2Cl)c1. The van der Waals surface area contributed by atoms with Crippen LogP contribution in [0.2, 0.25) is 5.02 Å². The molecule has 2 aromatic carbocycles. The van der Waals surface area contributed by atoms with Gasteiger partial charge in [0.15, 0.2) is 0 Å². The third-order valence-electron chi connectivity index (χ3n) is 4.00. The van der Waals surface area contributed by atoms with E-state index in [1.54, 1.807) is 48.3 Å². The Morgan fingerprint density at radius 1 is 1.15 bits per heavy atom. The van der Waals surface area contributed by atoms with Gasteiger partial charge in [0.25, 0.3) is 5.91 Å². The zero-order valence-corrected chi connectivity index (χ0v) is 16.5. The molecular formula is C19H23ClN2O3S. The van der Waals surface area contributed by atoms with Gasteiger partial charge in [0, 0.05) is 30.7 Å². The molecule has 0 saturated carbocycles. The molecule has 0 atom stereocenters. The lowest BCUT2D eigenvalue weighted by molar-refractivity contribution is 0.0793. The van der Waals surface area contributed by atoms with E-state index in [4.69, 9.17) is 11.6 Å². The minimum absolute atomic E-state index is 0.0549.